The van der Waals surface area contributed by atoms with Crippen molar-refractivity contribution in [3.8, 4) is 0 Å². The van der Waals surface area contributed by atoms with E-state index in [9.17, 15) is 4.79 Å². The predicted octanol–water partition coefficient (Wildman–Crippen LogP) is 3.96. The first-order valence-electron chi connectivity index (χ1n) is 8.33. The minimum Gasteiger partial charge on any atom is -0.342 e. The molecule has 2 aromatic carbocycles. The molecule has 1 aromatic heterocycles. The van der Waals surface area contributed by atoms with Crippen LogP contribution in [0.5, 0.6) is 0 Å². The topological polar surface area (TPSA) is 83.8 Å². The zero-order valence-corrected chi connectivity index (χ0v) is 14.6. The van der Waals surface area contributed by atoms with E-state index in [0.29, 0.717) is 18.0 Å². The summed E-state index contributed by atoms with van der Waals surface area (Å²) in [6, 6.07) is 13.1. The Balaban J connectivity index is 0.00000182. The van der Waals surface area contributed by atoms with E-state index in [1.54, 1.807) is 12.1 Å². The van der Waals surface area contributed by atoms with E-state index in [1.807, 2.05) is 30.3 Å². The summed E-state index contributed by atoms with van der Waals surface area (Å²) in [6.07, 6.45) is 3.70. The fourth-order valence-electron chi connectivity index (χ4n) is 2.98. The highest BCUT2D eigenvalue weighted by molar-refractivity contribution is 6.05. The monoisotopic (exact) mass is 356 g/mol. The fourth-order valence-corrected chi connectivity index (χ4v) is 2.98. The van der Waals surface area contributed by atoms with Crippen molar-refractivity contribution in [2.45, 2.75) is 31.7 Å². The standard InChI is InChI=1S/C19H20N4O.ClH/c20-11-12-4-6-14(7-5-12)19(24)21-15-8-9-16-17(10-15)23-18(22-16)13-2-1-3-13;/h4-10,13H,1-3,11,20H2,(H,21,24)(H,22,23);1H. The van der Waals surface area contributed by atoms with Crippen molar-refractivity contribution in [2.24, 2.45) is 5.73 Å². The third-order valence-corrected chi connectivity index (χ3v) is 4.70. The molecular weight excluding hydrogens is 336 g/mol. The van der Waals surface area contributed by atoms with Gasteiger partial charge in [-0.05, 0) is 48.7 Å². The number of amides is 1. The Kier molecular flexibility index (Phi) is 5.06. The first kappa shape index (κ1) is 17.5. The van der Waals surface area contributed by atoms with Crippen molar-refractivity contribution >= 4 is 35.0 Å². The number of anilines is 1. The smallest absolute Gasteiger partial charge is 0.255 e. The minimum atomic E-state index is -0.128. The molecule has 0 unspecified atom stereocenters. The molecular formula is C19H21ClN4O. The Labute approximate surface area is 152 Å². The summed E-state index contributed by atoms with van der Waals surface area (Å²) in [5.41, 5.74) is 9.88. The molecule has 6 heteroatoms. The molecule has 1 saturated carbocycles. The van der Waals surface area contributed by atoms with Gasteiger partial charge in [0.25, 0.3) is 5.91 Å². The number of halogens is 1. The minimum absolute atomic E-state index is 0. The van der Waals surface area contributed by atoms with Crippen LogP contribution in [0.4, 0.5) is 5.69 Å². The molecule has 1 heterocycles. The van der Waals surface area contributed by atoms with Gasteiger partial charge in [0.1, 0.15) is 5.82 Å². The summed E-state index contributed by atoms with van der Waals surface area (Å²) in [7, 11) is 0. The van der Waals surface area contributed by atoms with Crippen molar-refractivity contribution in [1.82, 2.24) is 9.97 Å². The number of hydrogen-bond acceptors (Lipinski definition) is 3. The highest BCUT2D eigenvalue weighted by Gasteiger charge is 2.22. The third-order valence-electron chi connectivity index (χ3n) is 4.70. The van der Waals surface area contributed by atoms with Crippen molar-refractivity contribution < 1.29 is 4.79 Å². The molecule has 0 bridgehead atoms. The molecule has 0 saturated heterocycles. The van der Waals surface area contributed by atoms with E-state index in [4.69, 9.17) is 5.73 Å². The fraction of sp³-hybridized carbons (Fsp3) is 0.263. The predicted molar refractivity (Wildman–Crippen MR) is 102 cm³/mol. The van der Waals surface area contributed by atoms with Crippen molar-refractivity contribution in [3.05, 3.63) is 59.4 Å². The number of hydrogen-bond donors (Lipinski definition) is 3. The molecule has 130 valence electrons. The molecule has 4 N–H and O–H groups in total. The summed E-state index contributed by atoms with van der Waals surface area (Å²) >= 11 is 0. The first-order valence-corrected chi connectivity index (χ1v) is 8.33. The average Bonchev–Trinajstić information content (AvgIpc) is 2.95. The Bertz CT molecular complexity index is 884. The maximum Gasteiger partial charge on any atom is 0.255 e. The van der Waals surface area contributed by atoms with E-state index in [1.165, 1.54) is 19.3 Å². The molecule has 5 nitrogen and oxygen atoms in total. The third kappa shape index (κ3) is 3.52. The first-order chi connectivity index (χ1) is 11.7. The van der Waals surface area contributed by atoms with Crippen LogP contribution >= 0.6 is 12.4 Å². The molecule has 1 fully saturated rings. The maximum atomic E-state index is 12.4. The maximum absolute atomic E-state index is 12.4. The zero-order valence-electron chi connectivity index (χ0n) is 13.8. The number of carbonyl (C=O) groups excluding carboxylic acids is 1. The number of carbonyl (C=O) groups is 1. The molecule has 1 amide bonds. The zero-order chi connectivity index (χ0) is 16.5. The molecule has 4 rings (SSSR count). The van der Waals surface area contributed by atoms with Crippen molar-refractivity contribution in [3.63, 3.8) is 0 Å². The highest BCUT2D eigenvalue weighted by Crippen LogP contribution is 2.35. The summed E-state index contributed by atoms with van der Waals surface area (Å²) in [5.74, 6) is 1.50. The number of imidazole rings is 1. The molecule has 0 aliphatic heterocycles. The lowest BCUT2D eigenvalue weighted by Gasteiger charge is -2.22. The lowest BCUT2D eigenvalue weighted by atomic mass is 9.85. The lowest BCUT2D eigenvalue weighted by Crippen LogP contribution is -2.12. The van der Waals surface area contributed by atoms with Gasteiger partial charge in [0.2, 0.25) is 0 Å². The van der Waals surface area contributed by atoms with Gasteiger partial charge in [0.05, 0.1) is 11.0 Å². The van der Waals surface area contributed by atoms with Crippen LogP contribution in [0.2, 0.25) is 0 Å². The van der Waals surface area contributed by atoms with Gasteiger partial charge in [-0.2, -0.15) is 0 Å². The molecule has 0 atom stereocenters. The number of nitrogens with two attached hydrogens (primary N) is 1. The van der Waals surface area contributed by atoms with Crippen LogP contribution in [0.3, 0.4) is 0 Å². The number of nitrogens with one attached hydrogen (secondary N) is 2. The second kappa shape index (κ2) is 7.25. The van der Waals surface area contributed by atoms with Gasteiger partial charge in [-0.25, -0.2) is 4.98 Å². The number of rotatable bonds is 4. The lowest BCUT2D eigenvalue weighted by molar-refractivity contribution is 0.102. The SMILES string of the molecule is Cl.NCc1ccc(C(=O)Nc2ccc3nc(C4CCC4)[nH]c3c2)cc1. The highest BCUT2D eigenvalue weighted by atomic mass is 35.5. The number of H-pyrrole nitrogens is 1. The quantitative estimate of drug-likeness (QED) is 0.661. The Hall–Kier alpha value is -2.37. The molecule has 1 aliphatic carbocycles. The summed E-state index contributed by atoms with van der Waals surface area (Å²) in [5, 5.41) is 2.94. The van der Waals surface area contributed by atoms with E-state index in [0.717, 1.165) is 28.1 Å². The van der Waals surface area contributed by atoms with Crippen LogP contribution < -0.4 is 11.1 Å². The average molecular weight is 357 g/mol. The Morgan fingerprint density at radius 1 is 1.20 bits per heavy atom. The summed E-state index contributed by atoms with van der Waals surface area (Å²) in [4.78, 5) is 20.4. The normalized spacial score (nSPS) is 14.0. The second-order valence-corrected chi connectivity index (χ2v) is 6.34. The number of aromatic amines is 1. The van der Waals surface area contributed by atoms with Crippen LogP contribution in [0.15, 0.2) is 42.5 Å². The Morgan fingerprint density at radius 2 is 1.96 bits per heavy atom. The van der Waals surface area contributed by atoms with Crippen LogP contribution in [-0.2, 0) is 6.54 Å². The van der Waals surface area contributed by atoms with E-state index < -0.39 is 0 Å². The molecule has 25 heavy (non-hydrogen) atoms. The second-order valence-electron chi connectivity index (χ2n) is 6.34. The van der Waals surface area contributed by atoms with Crippen LogP contribution in [0.1, 0.15) is 46.9 Å². The van der Waals surface area contributed by atoms with Crippen molar-refractivity contribution in [1.29, 1.82) is 0 Å². The van der Waals surface area contributed by atoms with Gasteiger partial charge in [-0.1, -0.05) is 18.6 Å². The van der Waals surface area contributed by atoms with Gasteiger partial charge in [-0.15, -0.1) is 12.4 Å². The van der Waals surface area contributed by atoms with Gasteiger partial charge in [0.15, 0.2) is 0 Å². The van der Waals surface area contributed by atoms with Crippen LogP contribution in [0, 0.1) is 0 Å². The summed E-state index contributed by atoms with van der Waals surface area (Å²) in [6.45, 7) is 0.474. The van der Waals surface area contributed by atoms with Crippen LogP contribution in [-0.4, -0.2) is 15.9 Å². The van der Waals surface area contributed by atoms with Gasteiger partial charge >= 0.3 is 0 Å². The van der Waals surface area contributed by atoms with Crippen molar-refractivity contribution in [2.75, 3.05) is 5.32 Å². The number of fused-ring (bicyclic) bond motifs is 1. The van der Waals surface area contributed by atoms with Gasteiger partial charge in [-0.3, -0.25) is 4.79 Å². The van der Waals surface area contributed by atoms with E-state index in [-0.39, 0.29) is 18.3 Å². The van der Waals surface area contributed by atoms with Gasteiger partial charge < -0.3 is 16.0 Å². The van der Waals surface area contributed by atoms with Crippen LogP contribution in [0.25, 0.3) is 11.0 Å². The van der Waals surface area contributed by atoms with Gasteiger partial charge in [0, 0.05) is 23.7 Å². The number of benzene rings is 2. The summed E-state index contributed by atoms with van der Waals surface area (Å²) < 4.78 is 0. The molecule has 0 radical (unpaired) electrons. The van der Waals surface area contributed by atoms with E-state index >= 15 is 0 Å². The molecule has 3 aromatic rings. The Morgan fingerprint density at radius 3 is 2.60 bits per heavy atom. The molecule has 0 spiro atoms. The number of nitrogens with zero attached hydrogens (tertiary/aromatic N) is 1. The van der Waals surface area contributed by atoms with E-state index in [2.05, 4.69) is 15.3 Å². The largest absolute Gasteiger partial charge is 0.342 e. The molecule has 1 aliphatic rings. The number of aromatic nitrogens is 2.